The monoisotopic (exact) mass is 1220 g/mol. The number of imidazole rings is 2. The molecule has 2 aliphatic heterocycles. The second-order valence-corrected chi connectivity index (χ2v) is 25.4. The fourth-order valence-electron chi connectivity index (χ4n) is 12.3. The van der Waals surface area contributed by atoms with E-state index in [1.54, 1.807) is 15.5 Å². The number of ether oxygens (including phenoxy) is 4. The number of carbonyl (C=O) groups is 1. The molecule has 0 unspecified atom stereocenters. The number of anilines is 2. The van der Waals surface area contributed by atoms with E-state index in [1.165, 1.54) is 55.6 Å². The third kappa shape index (κ3) is 15.9. The van der Waals surface area contributed by atoms with Gasteiger partial charge in [0.2, 0.25) is 0 Å². The Morgan fingerprint density at radius 2 is 0.944 bits per heavy atom. The molecule has 2 aliphatic carbocycles. The topological polar surface area (TPSA) is 284 Å². The van der Waals surface area contributed by atoms with Gasteiger partial charge in [-0.05, 0) is 71.6 Å². The number of nitrogens with one attached hydrogen (secondary N) is 3. The number of benzene rings is 4. The number of carbonyl (C=O) groups excluding carboxylic acids is 1. The summed E-state index contributed by atoms with van der Waals surface area (Å²) in [6.07, 6.45) is 3.97. The highest BCUT2D eigenvalue weighted by Crippen LogP contribution is 2.38. The van der Waals surface area contributed by atoms with E-state index in [-0.39, 0.29) is 31.6 Å². The fourth-order valence-corrected chi connectivity index (χ4v) is 12.3. The minimum Gasteiger partial charge on any atom is -0.387 e. The molecule has 21 heteroatoms. The smallest absolute Gasteiger partial charge is 0.168 e. The lowest BCUT2D eigenvalue weighted by molar-refractivity contribution is -0.121. The molecule has 12 rings (SSSR count). The molecular weight excluding hydrogens is 1130 g/mol. The lowest BCUT2D eigenvalue weighted by Crippen LogP contribution is -2.35. The number of rotatable bonds is 20. The number of ketones is 1. The van der Waals surface area contributed by atoms with Gasteiger partial charge in [-0.2, -0.15) is 0 Å². The standard InChI is InChI=1S/C34H44N6O4.C26H30N6O4.C8H14O/c1-34(2)16-14-24(15-17-34)35-19-27-38-31(36-18-25(22-10-6-4-7-11-22)23-12-8-5-9-13-23)28-32(39-27)40(21-37-28)33-30(42)29(41)26(44-33)20-43-3;1-35-14-19-22(33)23(34)26(36-19)32-15-29-21-24(30-20(12-27)31-25(21)32)28-13-18(16-8-4-2-5-9-16)17-10-6-3-7-11-17;1-8(2)5-3-7(9)4-6-8/h4-13,21,24-26,29-30,33,35,41-42H,14-20H2,1-3H3,(H,36,38,39);2-11,15,18-19,22-23,26,33-34H,12-14,27H2,1H3,(H,28,30,31);3-6H2,1-2H3/t26-,29-,30-,33-;19-,22-,23-,26-;/m11./s1. The number of nitrogens with zero attached hydrogens (tertiary/aromatic N) is 8. The van der Waals surface area contributed by atoms with E-state index >= 15 is 0 Å². The minimum absolute atomic E-state index is 0.0748. The highest BCUT2D eigenvalue weighted by Gasteiger charge is 2.46. The van der Waals surface area contributed by atoms with Crippen LogP contribution in [0.2, 0.25) is 0 Å². The molecule has 6 heterocycles. The average Bonchev–Trinajstić information content (AvgIpc) is 3.67. The Balaban J connectivity index is 0.000000174. The molecule has 4 aliphatic rings. The van der Waals surface area contributed by atoms with E-state index < -0.39 is 49.1 Å². The van der Waals surface area contributed by atoms with Crippen molar-refractivity contribution in [1.29, 1.82) is 0 Å². The van der Waals surface area contributed by atoms with Gasteiger partial charge in [-0.3, -0.25) is 13.9 Å². The van der Waals surface area contributed by atoms with Gasteiger partial charge in [-0.15, -0.1) is 0 Å². The zero-order valence-corrected chi connectivity index (χ0v) is 51.9. The summed E-state index contributed by atoms with van der Waals surface area (Å²) in [5.41, 5.74) is 13.6. The summed E-state index contributed by atoms with van der Waals surface area (Å²) in [5.74, 6) is 2.82. The molecule has 0 radical (unpaired) electrons. The molecular formula is C68H88N12O9. The summed E-state index contributed by atoms with van der Waals surface area (Å²) in [6.45, 7) is 11.2. The van der Waals surface area contributed by atoms with Gasteiger partial charge in [0.1, 0.15) is 54.1 Å². The molecule has 4 aromatic carbocycles. The summed E-state index contributed by atoms with van der Waals surface area (Å²) in [4.78, 5) is 39.0. The summed E-state index contributed by atoms with van der Waals surface area (Å²) in [6, 6.07) is 41.8. The number of aliphatic hydroxyl groups excluding tert-OH is 4. The predicted octanol–water partition coefficient (Wildman–Crippen LogP) is 8.34. The van der Waals surface area contributed by atoms with E-state index in [1.807, 2.05) is 48.5 Å². The van der Waals surface area contributed by atoms with Crippen LogP contribution in [0.5, 0.6) is 0 Å². The van der Waals surface area contributed by atoms with Gasteiger partial charge in [0.05, 0.1) is 39.0 Å². The van der Waals surface area contributed by atoms with Crippen LogP contribution in [0, 0.1) is 10.8 Å². The molecule has 0 spiro atoms. The number of Topliss-reactive ketones (excluding diaryl/α,β-unsaturated/α-hetero) is 1. The third-order valence-corrected chi connectivity index (χ3v) is 17.8. The SMILES string of the molecule is CC1(C)CCC(=O)CC1.COC[C@H]1O[C@@H](n2cnc3c(NCC(c4ccccc4)c4ccccc4)nc(CN)nc32)[C@H](O)[C@@H]1O.COC[C@H]1O[C@@H](n2cnc3c(NCC(c4ccccc4)c4ccccc4)nc(CNC4CCC(C)(C)CC4)nc32)[C@H](O)[C@@H]1O. The van der Waals surface area contributed by atoms with E-state index in [9.17, 15) is 25.2 Å². The number of fused-ring (bicyclic) bond motifs is 2. The summed E-state index contributed by atoms with van der Waals surface area (Å²) >= 11 is 0. The molecule has 2 saturated carbocycles. The fraction of sp³-hybridized carbons (Fsp3) is 0.485. The maximum Gasteiger partial charge on any atom is 0.168 e. The van der Waals surface area contributed by atoms with Crippen LogP contribution >= 0.6 is 0 Å². The van der Waals surface area contributed by atoms with Gasteiger partial charge in [0.25, 0.3) is 0 Å². The Morgan fingerprint density at radius 1 is 0.562 bits per heavy atom. The molecule has 21 nitrogen and oxygen atoms in total. The molecule has 8 atom stereocenters. The second-order valence-electron chi connectivity index (χ2n) is 25.4. The molecule has 0 amide bonds. The summed E-state index contributed by atoms with van der Waals surface area (Å²) in [5, 5.41) is 53.3. The van der Waals surface area contributed by atoms with Crippen LogP contribution in [0.1, 0.15) is 137 Å². The zero-order valence-electron chi connectivity index (χ0n) is 51.9. The first-order valence-electron chi connectivity index (χ1n) is 31.1. The van der Waals surface area contributed by atoms with Gasteiger partial charge >= 0.3 is 0 Å². The maximum atomic E-state index is 10.9. The van der Waals surface area contributed by atoms with Crippen LogP contribution in [-0.2, 0) is 36.8 Å². The molecule has 8 aromatic rings. The molecule has 2 saturated heterocycles. The van der Waals surface area contributed by atoms with Crippen LogP contribution in [0.3, 0.4) is 0 Å². The quantitative estimate of drug-likeness (QED) is 0.0356. The number of hydrogen-bond donors (Lipinski definition) is 8. The summed E-state index contributed by atoms with van der Waals surface area (Å²) in [7, 11) is 3.05. The number of aromatic nitrogens is 8. The molecule has 9 N–H and O–H groups in total. The number of aliphatic hydroxyl groups is 4. The van der Waals surface area contributed by atoms with E-state index in [4.69, 9.17) is 34.6 Å². The first kappa shape index (κ1) is 64.8. The largest absolute Gasteiger partial charge is 0.387 e. The van der Waals surface area contributed by atoms with E-state index in [0.29, 0.717) is 87.9 Å². The normalized spacial score (nSPS) is 23.3. The van der Waals surface area contributed by atoms with E-state index in [2.05, 4.69) is 136 Å². The average molecular weight is 1220 g/mol. The molecule has 4 aromatic heterocycles. The Labute approximate surface area is 520 Å². The van der Waals surface area contributed by atoms with E-state index in [0.717, 1.165) is 38.5 Å². The number of nitrogens with two attached hydrogens (primary N) is 1. The van der Waals surface area contributed by atoms with Crippen LogP contribution in [0.25, 0.3) is 22.3 Å². The number of methoxy groups -OCH3 is 2. The van der Waals surface area contributed by atoms with Gasteiger partial charge in [0, 0.05) is 58.0 Å². The predicted molar refractivity (Wildman–Crippen MR) is 341 cm³/mol. The second kappa shape index (κ2) is 29.7. The molecule has 0 bridgehead atoms. The van der Waals surface area contributed by atoms with Gasteiger partial charge in [-0.1, -0.05) is 149 Å². The van der Waals surface area contributed by atoms with Crippen LogP contribution in [-0.4, -0.2) is 148 Å². The first-order valence-corrected chi connectivity index (χ1v) is 31.1. The van der Waals surface area contributed by atoms with Crippen molar-refractivity contribution in [3.8, 4) is 0 Å². The minimum atomic E-state index is -1.17. The van der Waals surface area contributed by atoms with Gasteiger partial charge in [0.15, 0.2) is 46.4 Å². The highest BCUT2D eigenvalue weighted by atomic mass is 16.6. The van der Waals surface area contributed by atoms with Crippen LogP contribution in [0.4, 0.5) is 11.6 Å². The van der Waals surface area contributed by atoms with Crippen molar-refractivity contribution in [2.45, 2.75) is 159 Å². The van der Waals surface area contributed by atoms with Crippen molar-refractivity contribution >= 4 is 39.7 Å². The van der Waals surface area contributed by atoms with Crippen molar-refractivity contribution in [1.82, 2.24) is 44.4 Å². The third-order valence-electron chi connectivity index (χ3n) is 17.8. The lowest BCUT2D eigenvalue weighted by Gasteiger charge is -2.34. The Bertz CT molecular complexity index is 3420. The van der Waals surface area contributed by atoms with Crippen molar-refractivity contribution in [3.63, 3.8) is 0 Å². The van der Waals surface area contributed by atoms with Crippen LogP contribution in [0.15, 0.2) is 134 Å². The van der Waals surface area contributed by atoms with Crippen molar-refractivity contribution < 1.29 is 44.2 Å². The lowest BCUT2D eigenvalue weighted by atomic mass is 9.75. The Kier molecular flexibility index (Phi) is 21.6. The maximum absolute atomic E-state index is 10.9. The first-order chi connectivity index (χ1) is 43.0. The molecule has 4 fully saturated rings. The van der Waals surface area contributed by atoms with Crippen molar-refractivity contribution in [2.75, 3.05) is 51.2 Å². The van der Waals surface area contributed by atoms with Crippen molar-refractivity contribution in [3.05, 3.63) is 168 Å². The summed E-state index contributed by atoms with van der Waals surface area (Å²) < 4.78 is 25.6. The van der Waals surface area contributed by atoms with Gasteiger partial charge in [-0.25, -0.2) is 29.9 Å². The Hall–Kier alpha value is -7.15. The Morgan fingerprint density at radius 3 is 1.33 bits per heavy atom. The number of hydrogen-bond acceptors (Lipinski definition) is 19. The van der Waals surface area contributed by atoms with Crippen LogP contribution < -0.4 is 21.7 Å². The molecule has 89 heavy (non-hydrogen) atoms. The van der Waals surface area contributed by atoms with Gasteiger partial charge < -0.3 is 61.1 Å². The van der Waals surface area contributed by atoms with Crippen molar-refractivity contribution in [2.24, 2.45) is 16.6 Å². The zero-order chi connectivity index (χ0) is 62.7. The highest BCUT2D eigenvalue weighted by molar-refractivity contribution is 5.84. The molecule has 474 valence electrons.